The maximum atomic E-state index is 13.6. The Balaban J connectivity index is 1.23. The maximum absolute atomic E-state index is 13.6. The van der Waals surface area contributed by atoms with Crippen molar-refractivity contribution in [3.63, 3.8) is 0 Å². The zero-order chi connectivity index (χ0) is 27.1. The number of amides is 4. The minimum absolute atomic E-state index is 0.154. The van der Waals surface area contributed by atoms with Gasteiger partial charge in [0, 0.05) is 29.9 Å². The molecule has 4 atom stereocenters. The molecule has 4 heterocycles. The van der Waals surface area contributed by atoms with E-state index in [1.54, 1.807) is 17.3 Å². The number of aromatic nitrogens is 2. The largest absolute Gasteiger partial charge is 0.474 e. The van der Waals surface area contributed by atoms with Crippen molar-refractivity contribution in [2.45, 2.75) is 86.4 Å². The predicted octanol–water partition coefficient (Wildman–Crippen LogP) is 3.82. The number of thioether (sulfide) groups is 1. The Morgan fingerprint density at radius 2 is 1.90 bits per heavy atom. The van der Waals surface area contributed by atoms with Crippen LogP contribution < -0.4 is 25.6 Å². The van der Waals surface area contributed by atoms with Crippen molar-refractivity contribution in [3.05, 3.63) is 48.3 Å². The Labute approximate surface area is 231 Å². The molecule has 6 rings (SSSR count). The number of nitrogens with zero attached hydrogens (tertiary/aromatic N) is 3. The van der Waals surface area contributed by atoms with Crippen LogP contribution in [-0.2, 0) is 9.59 Å². The first-order valence-electron chi connectivity index (χ1n) is 13.6. The van der Waals surface area contributed by atoms with E-state index in [0.29, 0.717) is 17.3 Å². The zero-order valence-electron chi connectivity index (χ0n) is 21.8. The highest BCUT2D eigenvalue weighted by atomic mass is 32.2. The average molecular weight is 549 g/mol. The lowest BCUT2D eigenvalue weighted by Gasteiger charge is -2.36. The molecule has 0 aromatic carbocycles. The first kappa shape index (κ1) is 25.7. The Hall–Kier alpha value is -3.60. The third kappa shape index (κ3) is 4.84. The number of aryl methyl sites for hydroxylation is 1. The van der Waals surface area contributed by atoms with Crippen molar-refractivity contribution in [2.75, 3.05) is 4.90 Å². The summed E-state index contributed by atoms with van der Waals surface area (Å²) in [6, 6.07) is 2.50. The lowest BCUT2D eigenvalue weighted by molar-refractivity contribution is -0.123. The number of pyridine rings is 2. The van der Waals surface area contributed by atoms with E-state index in [0.717, 1.165) is 54.7 Å². The second-order valence-corrected chi connectivity index (χ2v) is 11.7. The monoisotopic (exact) mass is 548 g/mol. The zero-order valence-corrected chi connectivity index (χ0v) is 22.6. The molecule has 2 unspecified atom stereocenters. The molecule has 0 bridgehead atoms. The standard InChI is InChI=1S/C28H32N6O4S/c1-3-21(35)31-17-9-4-5-10-18(17)32-26(36)25-24-23-19(11-12-29-27(23)39-25)34(28(37)33-24)20-14-30-22(13-15(20)2)38-16-7-6-8-16/h3,11-14,16-18,24-25H,1,4-10H2,2H3,(H,31,35)(H,32,36)(H,33,37)/t17-,18+,24?,25?/m0/s1. The number of carbonyl (C=O) groups is 3. The molecule has 10 nitrogen and oxygen atoms in total. The fourth-order valence-electron chi connectivity index (χ4n) is 5.73. The van der Waals surface area contributed by atoms with E-state index >= 15 is 0 Å². The van der Waals surface area contributed by atoms with Gasteiger partial charge >= 0.3 is 6.03 Å². The first-order valence-corrected chi connectivity index (χ1v) is 14.4. The molecule has 2 fully saturated rings. The predicted molar refractivity (Wildman–Crippen MR) is 147 cm³/mol. The normalized spacial score (nSPS) is 25.7. The van der Waals surface area contributed by atoms with Crippen LogP contribution in [0, 0.1) is 6.92 Å². The van der Waals surface area contributed by atoms with Gasteiger partial charge in [0.05, 0.1) is 23.6 Å². The van der Waals surface area contributed by atoms with Crippen LogP contribution in [0.25, 0.3) is 0 Å². The number of ether oxygens (including phenoxy) is 1. The molecule has 2 aliphatic carbocycles. The molecule has 2 aromatic rings. The Bertz CT molecular complexity index is 1330. The summed E-state index contributed by atoms with van der Waals surface area (Å²) in [7, 11) is 0. The van der Waals surface area contributed by atoms with Gasteiger partial charge in [0.15, 0.2) is 0 Å². The summed E-state index contributed by atoms with van der Waals surface area (Å²) in [5, 5.41) is 9.31. The van der Waals surface area contributed by atoms with Crippen LogP contribution >= 0.6 is 11.8 Å². The van der Waals surface area contributed by atoms with Crippen LogP contribution in [0.1, 0.15) is 62.1 Å². The molecule has 4 amide bonds. The Morgan fingerprint density at radius 1 is 1.13 bits per heavy atom. The summed E-state index contributed by atoms with van der Waals surface area (Å²) in [5.74, 6) is 0.140. The molecule has 3 N–H and O–H groups in total. The maximum Gasteiger partial charge on any atom is 0.327 e. The summed E-state index contributed by atoms with van der Waals surface area (Å²) in [5.41, 5.74) is 3.05. The summed E-state index contributed by atoms with van der Waals surface area (Å²) in [4.78, 5) is 49.6. The van der Waals surface area contributed by atoms with Gasteiger partial charge in [-0.2, -0.15) is 0 Å². The summed E-state index contributed by atoms with van der Waals surface area (Å²) in [6.07, 6.45) is 11.6. The number of urea groups is 1. The molecule has 2 aliphatic heterocycles. The minimum atomic E-state index is -0.574. The van der Waals surface area contributed by atoms with E-state index in [4.69, 9.17) is 4.74 Å². The van der Waals surface area contributed by atoms with E-state index < -0.39 is 11.3 Å². The van der Waals surface area contributed by atoms with Crippen LogP contribution in [0.5, 0.6) is 5.88 Å². The second-order valence-electron chi connectivity index (χ2n) is 10.5. The van der Waals surface area contributed by atoms with Gasteiger partial charge in [0.2, 0.25) is 17.7 Å². The van der Waals surface area contributed by atoms with Crippen LogP contribution in [-0.4, -0.2) is 51.3 Å². The number of carbonyl (C=O) groups excluding carboxylic acids is 3. The number of anilines is 2. The lowest BCUT2D eigenvalue weighted by atomic mass is 9.89. The molecule has 11 heteroatoms. The summed E-state index contributed by atoms with van der Waals surface area (Å²) >= 11 is 1.36. The van der Waals surface area contributed by atoms with Crippen LogP contribution in [0.15, 0.2) is 42.2 Å². The summed E-state index contributed by atoms with van der Waals surface area (Å²) in [6.45, 7) is 5.46. The quantitative estimate of drug-likeness (QED) is 0.449. The van der Waals surface area contributed by atoms with Gasteiger partial charge in [-0.3, -0.25) is 14.5 Å². The Kier molecular flexibility index (Phi) is 6.92. The van der Waals surface area contributed by atoms with Gasteiger partial charge in [-0.05, 0) is 56.7 Å². The van der Waals surface area contributed by atoms with Gasteiger partial charge in [-0.25, -0.2) is 14.8 Å². The molecule has 204 valence electrons. The van der Waals surface area contributed by atoms with Gasteiger partial charge in [-0.15, -0.1) is 0 Å². The van der Waals surface area contributed by atoms with E-state index in [1.165, 1.54) is 24.3 Å². The van der Waals surface area contributed by atoms with E-state index in [9.17, 15) is 14.4 Å². The molecule has 0 saturated heterocycles. The molecule has 0 radical (unpaired) electrons. The van der Waals surface area contributed by atoms with Crippen LogP contribution in [0.3, 0.4) is 0 Å². The van der Waals surface area contributed by atoms with Crippen molar-refractivity contribution < 1.29 is 19.1 Å². The smallest absolute Gasteiger partial charge is 0.327 e. The fourth-order valence-corrected chi connectivity index (χ4v) is 6.96. The number of rotatable bonds is 7. The highest BCUT2D eigenvalue weighted by Crippen LogP contribution is 2.51. The highest BCUT2D eigenvalue weighted by Gasteiger charge is 2.47. The molecular formula is C28H32N6O4S. The minimum Gasteiger partial charge on any atom is -0.474 e. The molecule has 0 spiro atoms. The molecule has 39 heavy (non-hydrogen) atoms. The van der Waals surface area contributed by atoms with Gasteiger partial charge in [-0.1, -0.05) is 31.2 Å². The lowest BCUT2D eigenvalue weighted by Crippen LogP contribution is -2.56. The topological polar surface area (TPSA) is 126 Å². The van der Waals surface area contributed by atoms with Gasteiger partial charge in [0.1, 0.15) is 16.4 Å². The third-order valence-electron chi connectivity index (χ3n) is 8.01. The van der Waals surface area contributed by atoms with Crippen molar-refractivity contribution in [1.29, 1.82) is 0 Å². The van der Waals surface area contributed by atoms with Crippen molar-refractivity contribution in [2.24, 2.45) is 0 Å². The molecule has 2 saturated carbocycles. The molecule has 2 aromatic heterocycles. The molecule has 4 aliphatic rings. The first-order chi connectivity index (χ1) is 18.9. The average Bonchev–Trinajstić information content (AvgIpc) is 3.27. The number of nitrogens with one attached hydrogen (secondary N) is 3. The second kappa shape index (κ2) is 10.5. The summed E-state index contributed by atoms with van der Waals surface area (Å²) < 4.78 is 5.94. The van der Waals surface area contributed by atoms with E-state index in [-0.39, 0.29) is 36.0 Å². The Morgan fingerprint density at radius 3 is 2.59 bits per heavy atom. The highest BCUT2D eigenvalue weighted by molar-refractivity contribution is 8.01. The van der Waals surface area contributed by atoms with Crippen molar-refractivity contribution in [1.82, 2.24) is 25.9 Å². The number of hydrogen-bond acceptors (Lipinski definition) is 7. The van der Waals surface area contributed by atoms with E-state index in [1.807, 2.05) is 19.1 Å². The third-order valence-corrected chi connectivity index (χ3v) is 9.30. The van der Waals surface area contributed by atoms with Gasteiger partial charge < -0.3 is 20.7 Å². The van der Waals surface area contributed by atoms with Crippen LogP contribution in [0.4, 0.5) is 16.2 Å². The van der Waals surface area contributed by atoms with Crippen molar-refractivity contribution in [3.8, 4) is 5.88 Å². The molecular weight excluding hydrogens is 516 g/mol. The SMILES string of the molecule is C=CC(=O)N[C@H]1CCCC[C@H]1NC(=O)C1Sc2nccc3c2C1NC(=O)N3c1cnc(OC2CCC2)cc1C. The van der Waals surface area contributed by atoms with E-state index in [2.05, 4.69) is 32.5 Å². The van der Waals surface area contributed by atoms with Crippen LogP contribution in [0.2, 0.25) is 0 Å². The van der Waals surface area contributed by atoms with Crippen molar-refractivity contribution >= 4 is 41.0 Å². The number of hydrogen-bond donors (Lipinski definition) is 3. The fraction of sp³-hybridized carbons (Fsp3) is 0.464. The van der Waals surface area contributed by atoms with Gasteiger partial charge in [0.25, 0.3) is 0 Å².